The molecule has 15 heavy (non-hydrogen) atoms. The molecule has 0 saturated carbocycles. The second kappa shape index (κ2) is 6.44. The van der Waals surface area contributed by atoms with Crippen LogP contribution in [-0.2, 0) is 4.79 Å². The van der Waals surface area contributed by atoms with Crippen LogP contribution in [0, 0.1) is 11.8 Å². The number of rotatable bonds is 5. The van der Waals surface area contributed by atoms with Crippen molar-refractivity contribution in [2.75, 3.05) is 6.54 Å². The van der Waals surface area contributed by atoms with Crippen LogP contribution < -0.4 is 5.32 Å². The fraction of sp³-hybridized carbons (Fsp3) is 0.615. The van der Waals surface area contributed by atoms with Gasteiger partial charge in [-0.25, -0.2) is 0 Å². The molecule has 0 bridgehead atoms. The zero-order valence-electron chi connectivity index (χ0n) is 9.70. The summed E-state index contributed by atoms with van der Waals surface area (Å²) in [6, 6.07) is 0. The molecule has 0 saturated heterocycles. The Morgan fingerprint density at radius 3 is 3.00 bits per heavy atom. The quantitative estimate of drug-likeness (QED) is 0.545. The van der Waals surface area contributed by atoms with Gasteiger partial charge in [0.1, 0.15) is 0 Å². The molecule has 0 aromatic carbocycles. The van der Waals surface area contributed by atoms with Gasteiger partial charge in [-0.15, -0.1) is 0 Å². The van der Waals surface area contributed by atoms with Crippen LogP contribution >= 0.6 is 0 Å². The fourth-order valence-electron chi connectivity index (χ4n) is 2.38. The van der Waals surface area contributed by atoms with E-state index in [2.05, 4.69) is 37.4 Å². The third-order valence-corrected chi connectivity index (χ3v) is 3.25. The Bertz CT molecular complexity index is 255. The highest BCUT2D eigenvalue weighted by atomic mass is 16.1. The first-order valence-corrected chi connectivity index (χ1v) is 5.82. The van der Waals surface area contributed by atoms with Gasteiger partial charge in [0, 0.05) is 6.54 Å². The van der Waals surface area contributed by atoms with E-state index in [9.17, 15) is 4.79 Å². The molecule has 84 valence electrons. The van der Waals surface area contributed by atoms with Crippen molar-refractivity contribution in [2.24, 2.45) is 11.8 Å². The summed E-state index contributed by atoms with van der Waals surface area (Å²) in [7, 11) is 0. The van der Waals surface area contributed by atoms with Crippen LogP contribution in [0.4, 0.5) is 0 Å². The summed E-state index contributed by atoms with van der Waals surface area (Å²) in [5.41, 5.74) is 1.37. The Morgan fingerprint density at radius 1 is 1.60 bits per heavy atom. The topological polar surface area (TPSA) is 29.1 Å². The van der Waals surface area contributed by atoms with Gasteiger partial charge in [0.05, 0.1) is 0 Å². The molecule has 0 aromatic heterocycles. The average molecular weight is 207 g/mol. The van der Waals surface area contributed by atoms with Gasteiger partial charge in [-0.05, 0) is 38.0 Å². The van der Waals surface area contributed by atoms with Gasteiger partial charge >= 0.3 is 0 Å². The van der Waals surface area contributed by atoms with Gasteiger partial charge in [0.25, 0.3) is 0 Å². The van der Waals surface area contributed by atoms with Crippen molar-refractivity contribution in [2.45, 2.75) is 33.1 Å². The summed E-state index contributed by atoms with van der Waals surface area (Å²) in [5.74, 6) is 1.27. The van der Waals surface area contributed by atoms with Crippen LogP contribution in [0.25, 0.3) is 0 Å². The van der Waals surface area contributed by atoms with E-state index in [-0.39, 0.29) is 0 Å². The lowest BCUT2D eigenvalue weighted by Crippen LogP contribution is -2.25. The zero-order chi connectivity index (χ0) is 11.1. The van der Waals surface area contributed by atoms with Gasteiger partial charge < -0.3 is 5.32 Å². The Hall–Kier alpha value is -1.05. The van der Waals surface area contributed by atoms with Crippen molar-refractivity contribution < 1.29 is 4.79 Å². The lowest BCUT2D eigenvalue weighted by molar-refractivity contribution is -0.109. The lowest BCUT2D eigenvalue weighted by atomic mass is 9.77. The fourth-order valence-corrected chi connectivity index (χ4v) is 2.38. The Morgan fingerprint density at radius 2 is 2.40 bits per heavy atom. The summed E-state index contributed by atoms with van der Waals surface area (Å²) in [6.07, 6.45) is 11.1. The molecule has 2 unspecified atom stereocenters. The van der Waals surface area contributed by atoms with Gasteiger partial charge in [-0.1, -0.05) is 30.7 Å². The molecule has 1 amide bonds. The van der Waals surface area contributed by atoms with Crippen LogP contribution in [0.5, 0.6) is 0 Å². The molecule has 1 aliphatic rings. The van der Waals surface area contributed by atoms with Gasteiger partial charge in [-0.2, -0.15) is 0 Å². The first-order valence-electron chi connectivity index (χ1n) is 5.82. The number of amides is 1. The van der Waals surface area contributed by atoms with Crippen molar-refractivity contribution in [1.82, 2.24) is 5.32 Å². The van der Waals surface area contributed by atoms with Crippen molar-refractivity contribution >= 4 is 6.41 Å². The third kappa shape index (κ3) is 3.22. The summed E-state index contributed by atoms with van der Waals surface area (Å²) in [4.78, 5) is 10.3. The highest BCUT2D eigenvalue weighted by Gasteiger charge is 2.22. The molecule has 2 heteroatoms. The van der Waals surface area contributed by atoms with Crippen LogP contribution in [0.3, 0.4) is 0 Å². The Kier molecular flexibility index (Phi) is 5.16. The first-order chi connectivity index (χ1) is 7.33. The van der Waals surface area contributed by atoms with Gasteiger partial charge in [0.15, 0.2) is 0 Å². The molecule has 0 aliphatic heterocycles. The predicted molar refractivity (Wildman–Crippen MR) is 63.5 cm³/mol. The monoisotopic (exact) mass is 207 g/mol. The average Bonchev–Trinajstić information content (AvgIpc) is 2.30. The molecule has 2 atom stereocenters. The van der Waals surface area contributed by atoms with E-state index in [4.69, 9.17) is 0 Å². The number of carbonyl (C=O) groups is 1. The molecule has 1 N–H and O–H groups in total. The third-order valence-electron chi connectivity index (χ3n) is 3.25. The van der Waals surface area contributed by atoms with E-state index in [0.717, 1.165) is 6.41 Å². The summed E-state index contributed by atoms with van der Waals surface area (Å²) in [5, 5.41) is 2.77. The summed E-state index contributed by atoms with van der Waals surface area (Å²) >= 11 is 0. The maximum absolute atomic E-state index is 10.3. The number of carbonyl (C=O) groups excluding carboxylic acids is 1. The number of nitrogens with one attached hydrogen (secondary N) is 1. The maximum atomic E-state index is 10.3. The van der Waals surface area contributed by atoms with Crippen LogP contribution in [0.15, 0.2) is 23.8 Å². The Labute approximate surface area is 92.4 Å². The molecule has 2 nitrogen and oxygen atoms in total. The highest BCUT2D eigenvalue weighted by molar-refractivity contribution is 5.46. The van der Waals surface area contributed by atoms with E-state index >= 15 is 0 Å². The normalized spacial score (nSPS) is 26.4. The van der Waals surface area contributed by atoms with Crippen LogP contribution in [-0.4, -0.2) is 13.0 Å². The smallest absolute Gasteiger partial charge is 0.207 e. The van der Waals surface area contributed by atoms with Crippen molar-refractivity contribution in [3.8, 4) is 0 Å². The van der Waals surface area contributed by atoms with E-state index in [1.807, 2.05) is 0 Å². The summed E-state index contributed by atoms with van der Waals surface area (Å²) in [6.45, 7) is 5.00. The summed E-state index contributed by atoms with van der Waals surface area (Å²) < 4.78 is 0. The van der Waals surface area contributed by atoms with Crippen LogP contribution in [0.1, 0.15) is 33.1 Å². The standard InChI is InChI=1S/C13H21NO/c1-3-11-7-5-6-8-13(11)12(4-2)9-14-10-15/h4-5,7,10-11,13H,3,6,8-9H2,1-2H3,(H,14,15)/b12-4-. The van der Waals surface area contributed by atoms with E-state index in [1.165, 1.54) is 24.8 Å². The predicted octanol–water partition coefficient (Wildman–Crippen LogP) is 2.67. The van der Waals surface area contributed by atoms with E-state index in [0.29, 0.717) is 18.4 Å². The lowest BCUT2D eigenvalue weighted by Gasteiger charge is -2.29. The number of hydrogen-bond donors (Lipinski definition) is 1. The molecular formula is C13H21NO. The minimum Gasteiger partial charge on any atom is -0.355 e. The highest BCUT2D eigenvalue weighted by Crippen LogP contribution is 2.32. The molecule has 0 spiro atoms. The second-order valence-electron chi connectivity index (χ2n) is 4.05. The molecule has 0 aromatic rings. The molecule has 1 rings (SSSR count). The van der Waals surface area contributed by atoms with Gasteiger partial charge in [0.2, 0.25) is 6.41 Å². The minimum absolute atomic E-state index is 0.623. The van der Waals surface area contributed by atoms with E-state index < -0.39 is 0 Å². The molecule has 0 heterocycles. The van der Waals surface area contributed by atoms with Crippen molar-refractivity contribution in [1.29, 1.82) is 0 Å². The second-order valence-corrected chi connectivity index (χ2v) is 4.05. The SMILES string of the molecule is C/C=C(/CNC=O)C1CCC=CC1CC. The molecular weight excluding hydrogens is 186 g/mol. The maximum Gasteiger partial charge on any atom is 0.207 e. The first kappa shape index (κ1) is 12.0. The van der Waals surface area contributed by atoms with Gasteiger partial charge in [-0.3, -0.25) is 4.79 Å². The van der Waals surface area contributed by atoms with Crippen molar-refractivity contribution in [3.05, 3.63) is 23.8 Å². The Balaban J connectivity index is 2.65. The molecule has 0 radical (unpaired) electrons. The number of allylic oxidation sites excluding steroid dienone is 3. The molecule has 1 aliphatic carbocycles. The minimum atomic E-state index is 0.623. The molecule has 0 fully saturated rings. The van der Waals surface area contributed by atoms with Crippen molar-refractivity contribution in [3.63, 3.8) is 0 Å². The zero-order valence-corrected chi connectivity index (χ0v) is 9.70. The van der Waals surface area contributed by atoms with E-state index in [1.54, 1.807) is 0 Å². The van der Waals surface area contributed by atoms with Crippen LogP contribution in [0.2, 0.25) is 0 Å². The largest absolute Gasteiger partial charge is 0.355 e. The number of hydrogen-bond acceptors (Lipinski definition) is 1.